The minimum absolute atomic E-state index is 0.150. The lowest BCUT2D eigenvalue weighted by atomic mass is 9.71. The van der Waals surface area contributed by atoms with Gasteiger partial charge in [0.25, 0.3) is 0 Å². The maximum Gasteiger partial charge on any atom is 0.240 e. The normalized spacial score (nSPS) is 39.4. The van der Waals surface area contributed by atoms with Gasteiger partial charge in [-0.05, 0) is 31.1 Å². The van der Waals surface area contributed by atoms with Gasteiger partial charge >= 0.3 is 0 Å². The summed E-state index contributed by atoms with van der Waals surface area (Å²) in [5.74, 6) is 3.66. The van der Waals surface area contributed by atoms with Gasteiger partial charge in [-0.15, -0.1) is 0 Å². The Morgan fingerprint density at radius 3 is 2.42 bits per heavy atom. The van der Waals surface area contributed by atoms with Crippen molar-refractivity contribution in [3.8, 4) is 0 Å². The molecule has 3 heterocycles. The standard InChI is InChI=1S/C20H30N4O2/c1-13-6-15(13)18(25)24-11-19(2)9-23(10-20(19,3)12-24)8-17-21-16(22-26-17)7-14-4-5-14/h13-15H,4-12H2,1-3H3/t13-,15-,19-,20+/m0/s1. The lowest BCUT2D eigenvalue weighted by molar-refractivity contribution is -0.132. The lowest BCUT2D eigenvalue weighted by Crippen LogP contribution is -2.36. The molecule has 6 nitrogen and oxygen atoms in total. The van der Waals surface area contributed by atoms with Crippen LogP contribution in [0.1, 0.15) is 51.7 Å². The van der Waals surface area contributed by atoms with E-state index < -0.39 is 0 Å². The first kappa shape index (κ1) is 16.7. The van der Waals surface area contributed by atoms with Crippen LogP contribution >= 0.6 is 0 Å². The number of hydrogen-bond acceptors (Lipinski definition) is 5. The molecule has 2 aliphatic carbocycles. The smallest absolute Gasteiger partial charge is 0.240 e. The van der Waals surface area contributed by atoms with Crippen molar-refractivity contribution < 1.29 is 9.32 Å². The molecule has 5 rings (SSSR count). The number of nitrogens with zero attached hydrogens (tertiary/aromatic N) is 4. The summed E-state index contributed by atoms with van der Waals surface area (Å²) in [6.45, 7) is 11.4. The third kappa shape index (κ3) is 2.77. The summed E-state index contributed by atoms with van der Waals surface area (Å²) < 4.78 is 5.49. The fourth-order valence-corrected chi connectivity index (χ4v) is 5.18. The average Bonchev–Trinajstić information content (AvgIpc) is 3.42. The first-order valence-corrected chi connectivity index (χ1v) is 10.2. The molecule has 26 heavy (non-hydrogen) atoms. The van der Waals surface area contributed by atoms with Crippen molar-refractivity contribution in [3.63, 3.8) is 0 Å². The van der Waals surface area contributed by atoms with Gasteiger partial charge in [0.1, 0.15) is 0 Å². The predicted octanol–water partition coefficient (Wildman–Crippen LogP) is 2.35. The van der Waals surface area contributed by atoms with Crippen LogP contribution in [0, 0.1) is 28.6 Å². The maximum absolute atomic E-state index is 12.7. The Bertz CT molecular complexity index is 709. The van der Waals surface area contributed by atoms with Gasteiger partial charge in [0, 0.05) is 49.3 Å². The minimum atomic E-state index is 0.150. The van der Waals surface area contributed by atoms with E-state index in [2.05, 4.69) is 40.7 Å². The van der Waals surface area contributed by atoms with Crippen LogP contribution in [0.25, 0.3) is 0 Å². The predicted molar refractivity (Wildman–Crippen MR) is 96.1 cm³/mol. The number of hydrogen-bond donors (Lipinski definition) is 0. The van der Waals surface area contributed by atoms with E-state index in [9.17, 15) is 4.79 Å². The van der Waals surface area contributed by atoms with E-state index in [1.807, 2.05) is 0 Å². The first-order chi connectivity index (χ1) is 12.4. The zero-order valence-electron chi connectivity index (χ0n) is 16.2. The van der Waals surface area contributed by atoms with Gasteiger partial charge in [0.2, 0.25) is 11.8 Å². The second-order valence-corrected chi connectivity index (χ2v) is 10.0. The van der Waals surface area contributed by atoms with E-state index in [0.29, 0.717) is 17.7 Å². The number of rotatable bonds is 5. The summed E-state index contributed by atoms with van der Waals surface area (Å²) in [6, 6.07) is 0. The summed E-state index contributed by atoms with van der Waals surface area (Å²) in [5, 5.41) is 4.15. The molecule has 4 fully saturated rings. The molecule has 2 saturated heterocycles. The molecule has 1 aromatic rings. The molecule has 1 aromatic heterocycles. The van der Waals surface area contributed by atoms with Crippen LogP contribution in [0.2, 0.25) is 0 Å². The molecule has 0 bridgehead atoms. The zero-order chi connectivity index (χ0) is 18.1. The molecule has 0 radical (unpaired) electrons. The highest BCUT2D eigenvalue weighted by Gasteiger charge is 2.59. The van der Waals surface area contributed by atoms with Gasteiger partial charge in [-0.1, -0.05) is 25.9 Å². The van der Waals surface area contributed by atoms with Crippen LogP contribution in [0.3, 0.4) is 0 Å². The second-order valence-electron chi connectivity index (χ2n) is 10.0. The molecule has 4 aliphatic rings. The highest BCUT2D eigenvalue weighted by molar-refractivity contribution is 5.82. The number of amides is 1. The molecule has 2 saturated carbocycles. The van der Waals surface area contributed by atoms with Crippen LogP contribution in [0.4, 0.5) is 0 Å². The third-order valence-electron chi connectivity index (χ3n) is 7.46. The van der Waals surface area contributed by atoms with E-state index in [1.54, 1.807) is 0 Å². The number of carbonyl (C=O) groups excluding carboxylic acids is 1. The van der Waals surface area contributed by atoms with Gasteiger partial charge in [-0.25, -0.2) is 0 Å². The molecule has 0 spiro atoms. The fraction of sp³-hybridized carbons (Fsp3) is 0.850. The third-order valence-corrected chi connectivity index (χ3v) is 7.46. The van der Waals surface area contributed by atoms with Crippen LogP contribution in [0.5, 0.6) is 0 Å². The van der Waals surface area contributed by atoms with E-state index in [1.165, 1.54) is 12.8 Å². The SMILES string of the molecule is C[C@H]1C[C@@H]1C(=O)N1C[C@]2(C)CN(Cc3nc(CC4CC4)no3)C[C@]2(C)C1. The molecular formula is C20H30N4O2. The van der Waals surface area contributed by atoms with E-state index in [-0.39, 0.29) is 10.8 Å². The Kier molecular flexibility index (Phi) is 3.56. The number of likely N-dealkylation sites (tertiary alicyclic amines) is 2. The van der Waals surface area contributed by atoms with Crippen molar-refractivity contribution in [3.05, 3.63) is 11.7 Å². The molecule has 0 aromatic carbocycles. The molecule has 6 heteroatoms. The van der Waals surface area contributed by atoms with Gasteiger partial charge in [0.05, 0.1) is 6.54 Å². The highest BCUT2D eigenvalue weighted by atomic mass is 16.5. The van der Waals surface area contributed by atoms with E-state index in [0.717, 1.165) is 63.2 Å². The number of carbonyl (C=O) groups is 1. The van der Waals surface area contributed by atoms with Crippen LogP contribution in [-0.2, 0) is 17.8 Å². The van der Waals surface area contributed by atoms with Crippen LogP contribution in [0.15, 0.2) is 4.52 Å². The molecule has 0 N–H and O–H groups in total. The van der Waals surface area contributed by atoms with E-state index in [4.69, 9.17) is 4.52 Å². The molecule has 0 unspecified atom stereocenters. The number of fused-ring (bicyclic) bond motifs is 1. The molecular weight excluding hydrogens is 328 g/mol. The zero-order valence-corrected chi connectivity index (χ0v) is 16.2. The summed E-state index contributed by atoms with van der Waals surface area (Å²) in [7, 11) is 0. The summed E-state index contributed by atoms with van der Waals surface area (Å²) in [5.41, 5.74) is 0.301. The Morgan fingerprint density at radius 1 is 1.19 bits per heavy atom. The van der Waals surface area contributed by atoms with Gasteiger partial charge in [-0.2, -0.15) is 4.98 Å². The lowest BCUT2D eigenvalue weighted by Gasteiger charge is -2.30. The molecule has 2 aliphatic heterocycles. The highest BCUT2D eigenvalue weighted by Crippen LogP contribution is 2.53. The average molecular weight is 358 g/mol. The first-order valence-electron chi connectivity index (χ1n) is 10.2. The maximum atomic E-state index is 12.7. The fourth-order valence-electron chi connectivity index (χ4n) is 5.18. The van der Waals surface area contributed by atoms with Gasteiger partial charge in [0.15, 0.2) is 5.82 Å². The Balaban J connectivity index is 1.22. The summed E-state index contributed by atoms with van der Waals surface area (Å²) >= 11 is 0. The molecule has 4 atom stereocenters. The minimum Gasteiger partial charge on any atom is -0.341 e. The molecule has 1 amide bonds. The van der Waals surface area contributed by atoms with Gasteiger partial charge < -0.3 is 9.42 Å². The summed E-state index contributed by atoms with van der Waals surface area (Å²) in [4.78, 5) is 21.9. The van der Waals surface area contributed by atoms with Crippen molar-refractivity contribution >= 4 is 5.91 Å². The Morgan fingerprint density at radius 2 is 1.85 bits per heavy atom. The second kappa shape index (κ2) is 5.54. The molecule has 142 valence electrons. The van der Waals surface area contributed by atoms with Crippen molar-refractivity contribution in [2.75, 3.05) is 26.2 Å². The summed E-state index contributed by atoms with van der Waals surface area (Å²) in [6.07, 6.45) is 4.66. The van der Waals surface area contributed by atoms with E-state index >= 15 is 0 Å². The Labute approximate surface area is 155 Å². The quantitative estimate of drug-likeness (QED) is 0.808. The monoisotopic (exact) mass is 358 g/mol. The van der Waals surface area contributed by atoms with Crippen LogP contribution < -0.4 is 0 Å². The Hall–Kier alpha value is -1.43. The van der Waals surface area contributed by atoms with Crippen molar-refractivity contribution in [1.82, 2.24) is 19.9 Å². The largest absolute Gasteiger partial charge is 0.341 e. The van der Waals surface area contributed by atoms with Gasteiger partial charge in [-0.3, -0.25) is 9.69 Å². The topological polar surface area (TPSA) is 62.5 Å². The van der Waals surface area contributed by atoms with Crippen molar-refractivity contribution in [2.45, 2.75) is 53.0 Å². The van der Waals surface area contributed by atoms with Crippen molar-refractivity contribution in [1.29, 1.82) is 0 Å². The van der Waals surface area contributed by atoms with Crippen LogP contribution in [-0.4, -0.2) is 52.0 Å². The van der Waals surface area contributed by atoms with Crippen molar-refractivity contribution in [2.24, 2.45) is 28.6 Å². The number of aromatic nitrogens is 2.